The van der Waals surface area contributed by atoms with Crippen molar-refractivity contribution in [2.24, 2.45) is 7.05 Å². The molecule has 0 aromatic carbocycles. The fraction of sp³-hybridized carbons (Fsp3) is 0.714. The summed E-state index contributed by atoms with van der Waals surface area (Å²) in [5.74, 6) is 0. The maximum absolute atomic E-state index is 12.8. The number of hydrogen-bond acceptors (Lipinski definition) is 3. The van der Waals surface area contributed by atoms with E-state index < -0.39 is 17.9 Å². The summed E-state index contributed by atoms with van der Waals surface area (Å²) in [6, 6.07) is -0.655. The Labute approximate surface area is 132 Å². The molecule has 2 rings (SSSR count). The number of nitrogens with one attached hydrogen (secondary N) is 2. The van der Waals surface area contributed by atoms with Crippen LogP contribution in [0.5, 0.6) is 0 Å². The molecular weight excluding hydrogens is 313 g/mol. The minimum Gasteiger partial charge on any atom is -0.376 e. The van der Waals surface area contributed by atoms with Crippen molar-refractivity contribution in [3.05, 3.63) is 17.5 Å². The van der Waals surface area contributed by atoms with Gasteiger partial charge in [0.15, 0.2) is 5.69 Å². The van der Waals surface area contributed by atoms with Gasteiger partial charge in [0.1, 0.15) is 0 Å². The summed E-state index contributed by atoms with van der Waals surface area (Å²) >= 11 is 0. The standard InChI is InChI=1S/C14H21F3N4O2/c1-3-10(11-5-4-6-23-11)19-13(22)18-7-9-8-21(2)20-12(9)14(15,16)17/h8,10-11H,3-7H2,1-2H3,(H2,18,19,22)/t10-,11-/m0/s1. The van der Waals surface area contributed by atoms with Gasteiger partial charge in [-0.25, -0.2) is 4.79 Å². The van der Waals surface area contributed by atoms with Crippen molar-refractivity contribution >= 4 is 6.03 Å². The summed E-state index contributed by atoms with van der Waals surface area (Å²) in [6.45, 7) is 2.36. The first-order chi connectivity index (χ1) is 10.8. The third kappa shape index (κ3) is 4.60. The predicted octanol–water partition coefficient (Wildman–Crippen LogP) is 2.20. The monoisotopic (exact) mass is 334 g/mol. The number of halogens is 3. The average molecular weight is 334 g/mol. The van der Waals surface area contributed by atoms with Gasteiger partial charge in [0.2, 0.25) is 0 Å². The average Bonchev–Trinajstić information content (AvgIpc) is 3.11. The van der Waals surface area contributed by atoms with Crippen molar-refractivity contribution in [3.63, 3.8) is 0 Å². The molecule has 23 heavy (non-hydrogen) atoms. The normalized spacial score (nSPS) is 19.6. The zero-order valence-corrected chi connectivity index (χ0v) is 13.1. The van der Waals surface area contributed by atoms with Gasteiger partial charge in [-0.05, 0) is 19.3 Å². The molecule has 1 aromatic heterocycles. The molecule has 1 aromatic rings. The second-order valence-corrected chi connectivity index (χ2v) is 5.57. The molecule has 9 heteroatoms. The van der Waals surface area contributed by atoms with Gasteiger partial charge in [-0.2, -0.15) is 18.3 Å². The van der Waals surface area contributed by atoms with Gasteiger partial charge < -0.3 is 15.4 Å². The molecule has 2 heterocycles. The molecule has 1 fully saturated rings. The fourth-order valence-electron chi connectivity index (χ4n) is 2.68. The van der Waals surface area contributed by atoms with E-state index in [1.165, 1.54) is 13.2 Å². The molecule has 1 saturated heterocycles. The second-order valence-electron chi connectivity index (χ2n) is 5.57. The van der Waals surface area contributed by atoms with Crippen molar-refractivity contribution in [3.8, 4) is 0 Å². The summed E-state index contributed by atoms with van der Waals surface area (Å²) in [5, 5.41) is 8.61. The van der Waals surface area contributed by atoms with Crippen LogP contribution in [0.4, 0.5) is 18.0 Å². The van der Waals surface area contributed by atoms with Gasteiger partial charge in [-0.1, -0.05) is 6.92 Å². The smallest absolute Gasteiger partial charge is 0.376 e. The van der Waals surface area contributed by atoms with E-state index in [0.717, 1.165) is 17.5 Å². The maximum atomic E-state index is 12.8. The van der Waals surface area contributed by atoms with Crippen molar-refractivity contribution in [2.75, 3.05) is 6.61 Å². The number of ether oxygens (including phenoxy) is 1. The molecule has 6 nitrogen and oxygen atoms in total. The van der Waals surface area contributed by atoms with Crippen LogP contribution in [-0.2, 0) is 24.5 Å². The number of carbonyl (C=O) groups is 1. The number of urea groups is 1. The molecular formula is C14H21F3N4O2. The predicted molar refractivity (Wildman–Crippen MR) is 76.6 cm³/mol. The topological polar surface area (TPSA) is 68.2 Å². The Morgan fingerprint density at radius 1 is 1.57 bits per heavy atom. The highest BCUT2D eigenvalue weighted by atomic mass is 19.4. The van der Waals surface area contributed by atoms with E-state index in [0.29, 0.717) is 13.0 Å². The third-order valence-corrected chi connectivity index (χ3v) is 3.78. The summed E-state index contributed by atoms with van der Waals surface area (Å²) in [6.07, 6.45) is -0.804. The molecule has 2 amide bonds. The molecule has 1 aliphatic heterocycles. The van der Waals surface area contributed by atoms with E-state index in [1.807, 2.05) is 6.92 Å². The number of aromatic nitrogens is 2. The molecule has 130 valence electrons. The van der Waals surface area contributed by atoms with Crippen LogP contribution in [0.1, 0.15) is 37.4 Å². The van der Waals surface area contributed by atoms with Crippen LogP contribution in [0.3, 0.4) is 0 Å². The van der Waals surface area contributed by atoms with E-state index >= 15 is 0 Å². The quantitative estimate of drug-likeness (QED) is 0.867. The highest BCUT2D eigenvalue weighted by molar-refractivity contribution is 5.74. The summed E-state index contributed by atoms with van der Waals surface area (Å²) < 4.78 is 45.1. The van der Waals surface area contributed by atoms with Crippen LogP contribution in [0.15, 0.2) is 6.20 Å². The minimum absolute atomic E-state index is 0.0325. The van der Waals surface area contributed by atoms with Crippen molar-refractivity contribution in [1.82, 2.24) is 20.4 Å². The lowest BCUT2D eigenvalue weighted by atomic mass is 10.1. The number of aryl methyl sites for hydroxylation is 1. The Morgan fingerprint density at radius 2 is 2.30 bits per heavy atom. The zero-order chi connectivity index (χ0) is 17.0. The van der Waals surface area contributed by atoms with Crippen molar-refractivity contribution < 1.29 is 22.7 Å². The van der Waals surface area contributed by atoms with Crippen molar-refractivity contribution in [2.45, 2.75) is 51.1 Å². The van der Waals surface area contributed by atoms with E-state index in [1.54, 1.807) is 0 Å². The first-order valence-electron chi connectivity index (χ1n) is 7.57. The first-order valence-corrected chi connectivity index (χ1v) is 7.57. The Morgan fingerprint density at radius 3 is 2.87 bits per heavy atom. The zero-order valence-electron chi connectivity index (χ0n) is 13.1. The number of nitrogens with zero attached hydrogens (tertiary/aromatic N) is 2. The number of rotatable bonds is 5. The Balaban J connectivity index is 1.91. The Bertz CT molecular complexity index is 539. The lowest BCUT2D eigenvalue weighted by molar-refractivity contribution is -0.142. The van der Waals surface area contributed by atoms with Crippen molar-refractivity contribution in [1.29, 1.82) is 0 Å². The fourth-order valence-corrected chi connectivity index (χ4v) is 2.68. The Kier molecular flexibility index (Phi) is 5.51. The summed E-state index contributed by atoms with van der Waals surface area (Å²) in [5.41, 5.74) is -1.05. The van der Waals surface area contributed by atoms with Gasteiger partial charge >= 0.3 is 12.2 Å². The highest BCUT2D eigenvalue weighted by Crippen LogP contribution is 2.30. The molecule has 0 saturated carbocycles. The lowest BCUT2D eigenvalue weighted by Gasteiger charge is -2.23. The van der Waals surface area contributed by atoms with E-state index in [-0.39, 0.29) is 24.3 Å². The number of carbonyl (C=O) groups excluding carboxylic acids is 1. The number of alkyl halides is 3. The van der Waals surface area contributed by atoms with E-state index in [4.69, 9.17) is 4.74 Å². The SMILES string of the molecule is CC[C@H](NC(=O)NCc1cn(C)nc1C(F)(F)F)[C@@H]1CCCO1. The second kappa shape index (κ2) is 7.20. The van der Waals surface area contributed by atoms with Crippen LogP contribution in [-0.4, -0.2) is 34.6 Å². The Hall–Kier alpha value is -1.77. The van der Waals surface area contributed by atoms with Gasteiger partial charge in [0, 0.05) is 32.0 Å². The lowest BCUT2D eigenvalue weighted by Crippen LogP contribution is -2.47. The minimum atomic E-state index is -4.54. The molecule has 0 bridgehead atoms. The van der Waals surface area contributed by atoms with Crippen LogP contribution in [0, 0.1) is 0 Å². The van der Waals surface area contributed by atoms with Gasteiger partial charge in [0.05, 0.1) is 12.1 Å². The number of amides is 2. The summed E-state index contributed by atoms with van der Waals surface area (Å²) in [7, 11) is 1.41. The van der Waals surface area contributed by atoms with Gasteiger partial charge in [0.25, 0.3) is 0 Å². The van der Waals surface area contributed by atoms with Crippen LogP contribution < -0.4 is 10.6 Å². The highest BCUT2D eigenvalue weighted by Gasteiger charge is 2.37. The van der Waals surface area contributed by atoms with E-state index in [9.17, 15) is 18.0 Å². The molecule has 0 radical (unpaired) electrons. The first kappa shape index (κ1) is 17.6. The molecule has 2 atom stereocenters. The summed E-state index contributed by atoms with van der Waals surface area (Å²) in [4.78, 5) is 11.9. The molecule has 2 N–H and O–H groups in total. The van der Waals surface area contributed by atoms with Gasteiger partial charge in [-0.3, -0.25) is 4.68 Å². The molecule has 0 aliphatic carbocycles. The molecule has 0 spiro atoms. The maximum Gasteiger partial charge on any atom is 0.435 e. The van der Waals surface area contributed by atoms with E-state index in [2.05, 4.69) is 15.7 Å². The van der Waals surface area contributed by atoms with Crippen LogP contribution in [0.2, 0.25) is 0 Å². The molecule has 0 unspecified atom stereocenters. The largest absolute Gasteiger partial charge is 0.435 e. The third-order valence-electron chi connectivity index (χ3n) is 3.78. The van der Waals surface area contributed by atoms with Crippen LogP contribution >= 0.6 is 0 Å². The van der Waals surface area contributed by atoms with Gasteiger partial charge in [-0.15, -0.1) is 0 Å². The molecule has 1 aliphatic rings. The number of hydrogen-bond donors (Lipinski definition) is 2. The van der Waals surface area contributed by atoms with Crippen LogP contribution in [0.25, 0.3) is 0 Å².